The molecular formula is C20H28N6O4. The Morgan fingerprint density at radius 3 is 2.80 bits per heavy atom. The number of nitrogens with one attached hydrogen (secondary N) is 1. The van der Waals surface area contributed by atoms with Crippen LogP contribution in [0.1, 0.15) is 58.0 Å². The van der Waals surface area contributed by atoms with Crippen molar-refractivity contribution in [2.45, 2.75) is 70.5 Å². The highest BCUT2D eigenvalue weighted by Crippen LogP contribution is 2.32. The van der Waals surface area contributed by atoms with Gasteiger partial charge < -0.3 is 26.0 Å². The number of nitrogens with two attached hydrogens (primary N) is 1. The number of ether oxygens (including phenoxy) is 1. The number of rotatable bonds is 7. The van der Waals surface area contributed by atoms with E-state index >= 15 is 0 Å². The molecule has 4 atom stereocenters. The van der Waals surface area contributed by atoms with Crippen LogP contribution in [0.4, 0.5) is 5.82 Å². The van der Waals surface area contributed by atoms with Gasteiger partial charge in [0.05, 0.1) is 6.33 Å². The number of anilines is 1. The van der Waals surface area contributed by atoms with Gasteiger partial charge in [-0.1, -0.05) is 32.1 Å². The Morgan fingerprint density at radius 1 is 1.27 bits per heavy atom. The van der Waals surface area contributed by atoms with E-state index in [0.29, 0.717) is 17.7 Å². The van der Waals surface area contributed by atoms with E-state index in [1.165, 1.54) is 23.7 Å². The van der Waals surface area contributed by atoms with Crippen molar-refractivity contribution >= 4 is 22.9 Å². The second-order valence-electron chi connectivity index (χ2n) is 7.19. The number of imidazole rings is 1. The zero-order chi connectivity index (χ0) is 21.7. The van der Waals surface area contributed by atoms with Crippen LogP contribution in [0, 0.1) is 11.8 Å². The number of amides is 1. The lowest BCUT2D eigenvalue weighted by atomic mass is 10.1. The highest BCUT2D eigenvalue weighted by molar-refractivity contribution is 5.83. The van der Waals surface area contributed by atoms with Gasteiger partial charge >= 0.3 is 0 Å². The van der Waals surface area contributed by atoms with Gasteiger partial charge in [0.25, 0.3) is 5.91 Å². The van der Waals surface area contributed by atoms with E-state index < -0.39 is 30.4 Å². The molecule has 162 valence electrons. The highest BCUT2D eigenvalue weighted by atomic mass is 16.6. The summed E-state index contributed by atoms with van der Waals surface area (Å²) in [4.78, 5) is 24.9. The molecular weight excluding hydrogens is 388 g/mol. The maximum absolute atomic E-state index is 12.1. The molecule has 1 fully saturated rings. The summed E-state index contributed by atoms with van der Waals surface area (Å²) in [5, 5.41) is 23.3. The molecule has 5 N–H and O–H groups in total. The van der Waals surface area contributed by atoms with Crippen LogP contribution in [0.2, 0.25) is 0 Å². The Balaban J connectivity index is 1.84. The van der Waals surface area contributed by atoms with Crippen molar-refractivity contribution in [3.8, 4) is 11.8 Å². The number of aromatic nitrogens is 4. The highest BCUT2D eigenvalue weighted by Gasteiger charge is 2.47. The van der Waals surface area contributed by atoms with Crippen molar-refractivity contribution in [2.24, 2.45) is 0 Å². The minimum atomic E-state index is -1.39. The standard InChI is InChI=1S/C20H28N6O4/c1-3-5-6-7-8-9-10-12-24-17(21)13-18(25-12)26(11-23-13)20-15(28)14(27)16(30-20)19(29)22-4-2/h11,14-16,20,27-28H,3-8H2,1-2H3,(H,22,29)(H2,21,24,25)/t14-,15+,16-,20+/m0/s1. The molecule has 1 aliphatic heterocycles. The Hall–Kier alpha value is -2.74. The number of aliphatic hydroxyl groups is 2. The summed E-state index contributed by atoms with van der Waals surface area (Å²) in [5.74, 6) is 5.86. The second-order valence-corrected chi connectivity index (χ2v) is 7.19. The van der Waals surface area contributed by atoms with Crippen molar-refractivity contribution in [1.29, 1.82) is 0 Å². The molecule has 1 saturated heterocycles. The number of hydrogen-bond acceptors (Lipinski definition) is 8. The van der Waals surface area contributed by atoms with Crippen LogP contribution in [0.25, 0.3) is 11.2 Å². The van der Waals surface area contributed by atoms with Gasteiger partial charge in [-0.3, -0.25) is 9.36 Å². The molecule has 1 aliphatic rings. The molecule has 0 unspecified atom stereocenters. The number of carbonyl (C=O) groups is 1. The Bertz CT molecular complexity index is 950. The van der Waals surface area contributed by atoms with Gasteiger partial charge in [0.15, 0.2) is 23.8 Å². The molecule has 30 heavy (non-hydrogen) atoms. The monoisotopic (exact) mass is 416 g/mol. The van der Waals surface area contributed by atoms with Gasteiger partial charge in [-0.25, -0.2) is 15.0 Å². The van der Waals surface area contributed by atoms with Crippen LogP contribution in [-0.2, 0) is 9.53 Å². The largest absolute Gasteiger partial charge is 0.387 e. The fraction of sp³-hybridized carbons (Fsp3) is 0.600. The quantitative estimate of drug-likeness (QED) is 0.376. The van der Waals surface area contributed by atoms with E-state index in [-0.39, 0.29) is 11.6 Å². The van der Waals surface area contributed by atoms with Gasteiger partial charge in [0, 0.05) is 13.0 Å². The maximum Gasteiger partial charge on any atom is 0.252 e. The smallest absolute Gasteiger partial charge is 0.252 e. The van der Waals surface area contributed by atoms with Gasteiger partial charge in [-0.2, -0.15) is 0 Å². The van der Waals surface area contributed by atoms with Crippen molar-refractivity contribution in [1.82, 2.24) is 24.8 Å². The number of nitrogen functional groups attached to an aromatic ring is 1. The van der Waals surface area contributed by atoms with Crippen molar-refractivity contribution in [3.05, 3.63) is 12.2 Å². The van der Waals surface area contributed by atoms with Crippen LogP contribution >= 0.6 is 0 Å². The Labute approximate surface area is 174 Å². The summed E-state index contributed by atoms with van der Waals surface area (Å²) in [7, 11) is 0. The van der Waals surface area contributed by atoms with Crippen LogP contribution in [0.5, 0.6) is 0 Å². The molecule has 3 rings (SSSR count). The van der Waals surface area contributed by atoms with Gasteiger partial charge in [0.1, 0.15) is 17.7 Å². The number of likely N-dealkylation sites (N-methyl/N-ethyl adjacent to an activating group) is 1. The zero-order valence-corrected chi connectivity index (χ0v) is 17.2. The fourth-order valence-electron chi connectivity index (χ4n) is 3.34. The Morgan fingerprint density at radius 2 is 2.07 bits per heavy atom. The molecule has 3 heterocycles. The lowest BCUT2D eigenvalue weighted by molar-refractivity contribution is -0.137. The lowest BCUT2D eigenvalue weighted by Crippen LogP contribution is -2.42. The van der Waals surface area contributed by atoms with E-state index in [4.69, 9.17) is 10.5 Å². The number of hydrogen-bond donors (Lipinski definition) is 4. The molecule has 0 aliphatic carbocycles. The predicted octanol–water partition coefficient (Wildman–Crippen LogP) is 0.486. The summed E-state index contributed by atoms with van der Waals surface area (Å²) in [6.45, 7) is 4.29. The third kappa shape index (κ3) is 4.53. The molecule has 0 bridgehead atoms. The normalized spacial score (nSPS) is 23.3. The molecule has 0 spiro atoms. The van der Waals surface area contributed by atoms with E-state index in [0.717, 1.165) is 19.3 Å². The van der Waals surface area contributed by atoms with Crippen LogP contribution < -0.4 is 11.1 Å². The first-order chi connectivity index (χ1) is 14.5. The van der Waals surface area contributed by atoms with Crippen molar-refractivity contribution in [2.75, 3.05) is 12.3 Å². The predicted molar refractivity (Wildman–Crippen MR) is 110 cm³/mol. The summed E-state index contributed by atoms with van der Waals surface area (Å²) in [6.07, 6.45) is 1.63. The van der Waals surface area contributed by atoms with Crippen LogP contribution in [0.15, 0.2) is 6.33 Å². The summed E-state index contributed by atoms with van der Waals surface area (Å²) in [5.41, 5.74) is 6.64. The second kappa shape index (κ2) is 9.84. The van der Waals surface area contributed by atoms with Gasteiger partial charge in [-0.05, 0) is 19.3 Å². The first-order valence-electron chi connectivity index (χ1n) is 10.3. The Kier molecular flexibility index (Phi) is 7.20. The topological polar surface area (TPSA) is 148 Å². The fourth-order valence-corrected chi connectivity index (χ4v) is 3.34. The zero-order valence-electron chi connectivity index (χ0n) is 17.2. The first-order valence-corrected chi connectivity index (χ1v) is 10.3. The van der Waals surface area contributed by atoms with E-state index in [1.807, 2.05) is 0 Å². The van der Waals surface area contributed by atoms with Crippen molar-refractivity contribution < 1.29 is 19.7 Å². The number of nitrogens with zero attached hydrogens (tertiary/aromatic N) is 4. The van der Waals surface area contributed by atoms with Gasteiger partial charge in [0.2, 0.25) is 5.82 Å². The minimum absolute atomic E-state index is 0.155. The molecule has 2 aromatic heterocycles. The molecule has 0 aromatic carbocycles. The summed E-state index contributed by atoms with van der Waals surface area (Å²) < 4.78 is 7.08. The number of fused-ring (bicyclic) bond motifs is 1. The summed E-state index contributed by atoms with van der Waals surface area (Å²) in [6, 6.07) is 0. The lowest BCUT2D eigenvalue weighted by Gasteiger charge is -2.16. The third-order valence-corrected chi connectivity index (χ3v) is 4.93. The molecule has 0 saturated carbocycles. The van der Waals surface area contributed by atoms with E-state index in [2.05, 4.69) is 39.0 Å². The van der Waals surface area contributed by atoms with Gasteiger partial charge in [-0.15, -0.1) is 0 Å². The molecule has 2 aromatic rings. The molecule has 10 heteroatoms. The van der Waals surface area contributed by atoms with Crippen LogP contribution in [0.3, 0.4) is 0 Å². The van der Waals surface area contributed by atoms with Crippen molar-refractivity contribution in [3.63, 3.8) is 0 Å². The minimum Gasteiger partial charge on any atom is -0.387 e. The van der Waals surface area contributed by atoms with E-state index in [9.17, 15) is 15.0 Å². The average molecular weight is 416 g/mol. The first kappa shape index (κ1) is 22.0. The molecule has 10 nitrogen and oxygen atoms in total. The maximum atomic E-state index is 12.1. The SMILES string of the molecule is CCCCCCC#Cc1nc(N)c2ncn([C@@H]3O[C@H](C(=O)NCC)[C@@H](O)[C@H]3O)c2n1. The number of carbonyl (C=O) groups excluding carboxylic acids is 1. The average Bonchev–Trinajstić information content (AvgIpc) is 3.27. The molecule has 0 radical (unpaired) electrons. The third-order valence-electron chi connectivity index (χ3n) is 4.93. The number of aliphatic hydroxyl groups excluding tert-OH is 2. The summed E-state index contributed by atoms with van der Waals surface area (Å²) >= 11 is 0. The van der Waals surface area contributed by atoms with E-state index in [1.54, 1.807) is 6.92 Å². The molecule has 1 amide bonds. The number of unbranched alkanes of at least 4 members (excludes halogenated alkanes) is 4. The van der Waals surface area contributed by atoms with Crippen LogP contribution in [-0.4, -0.2) is 60.5 Å².